The molecule has 0 radical (unpaired) electrons. The molecule has 0 saturated carbocycles. The van der Waals surface area contributed by atoms with Gasteiger partial charge in [0.05, 0.1) is 0 Å². The Morgan fingerprint density at radius 2 is 1.67 bits per heavy atom. The van der Waals surface area contributed by atoms with Gasteiger partial charge in [-0.1, -0.05) is 0 Å². The quantitative estimate of drug-likeness (QED) is 0.641. The summed E-state index contributed by atoms with van der Waals surface area (Å²) in [7, 11) is 0. The Hall–Kier alpha value is -2.06. The first-order valence-corrected chi connectivity index (χ1v) is 9.99. The number of carbonyl (C=O) groups excluding carboxylic acids is 1. The van der Waals surface area contributed by atoms with Gasteiger partial charge in [-0.05, 0) is 0 Å². The summed E-state index contributed by atoms with van der Waals surface area (Å²) in [4.78, 5) is 12.6. The average molecular weight is 401 g/mol. The van der Waals surface area contributed by atoms with Crippen LogP contribution in [0.2, 0.25) is 5.02 Å². The van der Waals surface area contributed by atoms with Crippen molar-refractivity contribution in [3.63, 3.8) is 0 Å². The second kappa shape index (κ2) is 8.16. The molecule has 0 bridgehead atoms. The minimum absolute atomic E-state index is 0.0650. The fraction of sp³-hybridized carbons (Fsp3) is 0.0500. The number of benzene rings is 3. The Morgan fingerprint density at radius 3 is 2.46 bits per heavy atom. The topological polar surface area (TPSA) is 29.1 Å². The molecule has 0 aliphatic heterocycles. The standard InChI is InChI=1S/C20H16ClNOSe/c21-16-8-6-7-15(13-16)14-24-19-12-5-4-11-18(19)20(23)22-17-9-2-1-3-10-17/h1-13H,14H2,(H,22,23). The summed E-state index contributed by atoms with van der Waals surface area (Å²) in [5.41, 5.74) is 2.74. The zero-order valence-corrected chi connectivity index (χ0v) is 15.4. The van der Waals surface area contributed by atoms with E-state index in [1.54, 1.807) is 0 Å². The van der Waals surface area contributed by atoms with Crippen molar-refractivity contribution < 1.29 is 4.79 Å². The SMILES string of the molecule is O=C(Nc1ccccc1)c1ccccc1[Se]Cc1cccc(Cl)c1. The van der Waals surface area contributed by atoms with Crippen molar-refractivity contribution in [3.05, 3.63) is 95.0 Å². The maximum atomic E-state index is 12.6. The Balaban J connectivity index is 1.74. The van der Waals surface area contributed by atoms with Crippen LogP contribution in [0.1, 0.15) is 15.9 Å². The summed E-state index contributed by atoms with van der Waals surface area (Å²) < 4.78 is 1.10. The number of amides is 1. The molecular formula is C20H16ClNOSe. The van der Waals surface area contributed by atoms with Crippen molar-refractivity contribution in [3.8, 4) is 0 Å². The molecule has 0 atom stereocenters. The van der Waals surface area contributed by atoms with E-state index >= 15 is 0 Å². The molecule has 120 valence electrons. The molecule has 1 amide bonds. The summed E-state index contributed by atoms with van der Waals surface area (Å²) in [6.45, 7) is 0. The van der Waals surface area contributed by atoms with Crippen LogP contribution in [0.4, 0.5) is 5.69 Å². The van der Waals surface area contributed by atoms with Crippen LogP contribution in [0.25, 0.3) is 0 Å². The van der Waals surface area contributed by atoms with Crippen molar-refractivity contribution >= 4 is 42.6 Å². The van der Waals surface area contributed by atoms with Gasteiger partial charge in [0, 0.05) is 0 Å². The molecule has 0 heterocycles. The van der Waals surface area contributed by atoms with Gasteiger partial charge in [-0.15, -0.1) is 0 Å². The third kappa shape index (κ3) is 4.48. The fourth-order valence-corrected chi connectivity index (χ4v) is 4.58. The van der Waals surface area contributed by atoms with Crippen LogP contribution in [-0.2, 0) is 5.32 Å². The van der Waals surface area contributed by atoms with Crippen LogP contribution in [0.5, 0.6) is 0 Å². The van der Waals surface area contributed by atoms with E-state index in [0.717, 1.165) is 26.1 Å². The van der Waals surface area contributed by atoms with Gasteiger partial charge in [0.1, 0.15) is 0 Å². The summed E-state index contributed by atoms with van der Waals surface area (Å²) in [5, 5.41) is 4.61. The molecule has 2 nitrogen and oxygen atoms in total. The van der Waals surface area contributed by atoms with Crippen molar-refractivity contribution in [2.24, 2.45) is 0 Å². The van der Waals surface area contributed by atoms with E-state index in [4.69, 9.17) is 11.6 Å². The van der Waals surface area contributed by atoms with Crippen molar-refractivity contribution in [2.75, 3.05) is 5.32 Å². The van der Waals surface area contributed by atoms with Crippen LogP contribution in [-0.4, -0.2) is 20.9 Å². The van der Waals surface area contributed by atoms with Gasteiger partial charge < -0.3 is 0 Å². The predicted molar refractivity (Wildman–Crippen MR) is 101 cm³/mol. The Morgan fingerprint density at radius 1 is 0.917 bits per heavy atom. The van der Waals surface area contributed by atoms with Crippen LogP contribution >= 0.6 is 11.6 Å². The van der Waals surface area contributed by atoms with Crippen LogP contribution in [0.3, 0.4) is 0 Å². The second-order valence-electron chi connectivity index (χ2n) is 5.23. The van der Waals surface area contributed by atoms with Crippen molar-refractivity contribution in [1.29, 1.82) is 0 Å². The molecule has 3 rings (SSSR count). The Labute approximate surface area is 153 Å². The van der Waals surface area contributed by atoms with Gasteiger partial charge in [0.25, 0.3) is 0 Å². The summed E-state index contributed by atoms with van der Waals surface area (Å²) in [6, 6.07) is 25.2. The van der Waals surface area contributed by atoms with Crippen LogP contribution < -0.4 is 9.78 Å². The van der Waals surface area contributed by atoms with Crippen LogP contribution in [0, 0.1) is 0 Å². The number of halogens is 1. The zero-order valence-electron chi connectivity index (χ0n) is 12.9. The maximum absolute atomic E-state index is 12.6. The number of carbonyl (C=O) groups is 1. The van der Waals surface area contributed by atoms with Gasteiger partial charge in [-0.2, -0.15) is 0 Å². The number of para-hydroxylation sites is 1. The Kier molecular flexibility index (Phi) is 5.71. The molecule has 3 aromatic carbocycles. The fourth-order valence-electron chi connectivity index (χ4n) is 2.29. The molecular weight excluding hydrogens is 385 g/mol. The molecule has 0 aliphatic carbocycles. The first kappa shape index (κ1) is 16.8. The third-order valence-electron chi connectivity index (χ3n) is 3.45. The molecule has 24 heavy (non-hydrogen) atoms. The molecule has 0 fully saturated rings. The normalized spacial score (nSPS) is 10.4. The zero-order chi connectivity index (χ0) is 16.8. The summed E-state index contributed by atoms with van der Waals surface area (Å²) in [6.07, 6.45) is 0. The summed E-state index contributed by atoms with van der Waals surface area (Å²) >= 11 is 6.20. The van der Waals surface area contributed by atoms with Crippen molar-refractivity contribution in [2.45, 2.75) is 5.32 Å². The van der Waals surface area contributed by atoms with Gasteiger partial charge >= 0.3 is 153 Å². The van der Waals surface area contributed by atoms with Crippen molar-refractivity contribution in [1.82, 2.24) is 0 Å². The van der Waals surface area contributed by atoms with Gasteiger partial charge in [0.2, 0.25) is 0 Å². The minimum atomic E-state index is -0.0650. The Bertz CT molecular complexity index is 836. The van der Waals surface area contributed by atoms with Gasteiger partial charge in [-0.25, -0.2) is 0 Å². The average Bonchev–Trinajstić information content (AvgIpc) is 2.61. The van der Waals surface area contributed by atoms with E-state index in [9.17, 15) is 4.79 Å². The molecule has 1 N–H and O–H groups in total. The van der Waals surface area contributed by atoms with E-state index in [0.29, 0.717) is 0 Å². The monoisotopic (exact) mass is 401 g/mol. The van der Waals surface area contributed by atoms with E-state index in [2.05, 4.69) is 11.4 Å². The second-order valence-corrected chi connectivity index (χ2v) is 7.81. The number of hydrogen-bond donors (Lipinski definition) is 1. The van der Waals surface area contributed by atoms with E-state index < -0.39 is 0 Å². The number of nitrogens with one attached hydrogen (secondary N) is 1. The molecule has 0 saturated heterocycles. The first-order valence-electron chi connectivity index (χ1n) is 7.55. The molecule has 3 aromatic rings. The number of rotatable bonds is 5. The van der Waals surface area contributed by atoms with E-state index in [1.807, 2.05) is 72.8 Å². The molecule has 0 aliphatic rings. The molecule has 0 unspecified atom stereocenters. The van der Waals surface area contributed by atoms with E-state index in [1.165, 1.54) is 5.56 Å². The van der Waals surface area contributed by atoms with E-state index in [-0.39, 0.29) is 20.9 Å². The van der Waals surface area contributed by atoms with Gasteiger partial charge in [0.15, 0.2) is 0 Å². The third-order valence-corrected chi connectivity index (χ3v) is 6.08. The van der Waals surface area contributed by atoms with Crippen LogP contribution in [0.15, 0.2) is 78.9 Å². The van der Waals surface area contributed by atoms with Gasteiger partial charge in [-0.3, -0.25) is 0 Å². The number of anilines is 1. The first-order chi connectivity index (χ1) is 11.7. The number of hydrogen-bond acceptors (Lipinski definition) is 1. The molecule has 0 spiro atoms. The molecule has 4 heteroatoms. The predicted octanol–water partition coefficient (Wildman–Crippen LogP) is 4.12. The summed E-state index contributed by atoms with van der Waals surface area (Å²) in [5.74, 6) is -0.0650. The molecule has 0 aromatic heterocycles.